The predicted octanol–water partition coefficient (Wildman–Crippen LogP) is 4.28. The first-order valence-corrected chi connectivity index (χ1v) is 6.74. The Morgan fingerprint density at radius 1 is 1.24 bits per heavy atom. The summed E-state index contributed by atoms with van der Waals surface area (Å²) >= 11 is 5.94. The molecule has 21 heavy (non-hydrogen) atoms. The maximum absolute atomic E-state index is 11.6. The molecule has 4 heteroatoms. The molecule has 0 aromatic heterocycles. The van der Waals surface area contributed by atoms with E-state index >= 15 is 0 Å². The van der Waals surface area contributed by atoms with E-state index < -0.39 is 5.97 Å². The van der Waals surface area contributed by atoms with Gasteiger partial charge in [0.15, 0.2) is 0 Å². The highest BCUT2D eigenvalue weighted by Gasteiger charge is 2.15. The number of aliphatic carboxylic acids is 1. The van der Waals surface area contributed by atoms with Crippen molar-refractivity contribution >= 4 is 29.2 Å². The second-order valence-corrected chi connectivity index (χ2v) is 5.06. The molecule has 0 unspecified atom stereocenters. The van der Waals surface area contributed by atoms with Gasteiger partial charge in [-0.2, -0.15) is 0 Å². The van der Waals surface area contributed by atoms with Crippen molar-refractivity contribution in [2.45, 2.75) is 6.92 Å². The lowest BCUT2D eigenvalue weighted by atomic mass is 10.00. The van der Waals surface area contributed by atoms with Crippen LogP contribution in [0.2, 0.25) is 5.02 Å². The summed E-state index contributed by atoms with van der Waals surface area (Å²) in [7, 11) is 1.52. The lowest BCUT2D eigenvalue weighted by Crippen LogP contribution is -2.02. The minimum absolute atomic E-state index is 0.165. The summed E-state index contributed by atoms with van der Waals surface area (Å²) in [5.41, 5.74) is 2.40. The van der Waals surface area contributed by atoms with Gasteiger partial charge in [0.2, 0.25) is 0 Å². The van der Waals surface area contributed by atoms with E-state index in [0.29, 0.717) is 16.3 Å². The molecule has 2 aromatic rings. The van der Waals surface area contributed by atoms with Crippen molar-refractivity contribution in [1.29, 1.82) is 0 Å². The number of rotatable bonds is 4. The number of halogens is 1. The zero-order chi connectivity index (χ0) is 15.4. The van der Waals surface area contributed by atoms with Crippen molar-refractivity contribution in [3.63, 3.8) is 0 Å². The average Bonchev–Trinajstić information content (AvgIpc) is 2.44. The predicted molar refractivity (Wildman–Crippen MR) is 84.7 cm³/mol. The maximum atomic E-state index is 11.6. The molecule has 0 aliphatic heterocycles. The maximum Gasteiger partial charge on any atom is 0.336 e. The van der Waals surface area contributed by atoms with Crippen molar-refractivity contribution in [3.8, 4) is 5.75 Å². The van der Waals surface area contributed by atoms with Gasteiger partial charge in [0.1, 0.15) is 5.75 Å². The fourth-order valence-corrected chi connectivity index (χ4v) is 2.25. The van der Waals surface area contributed by atoms with E-state index in [-0.39, 0.29) is 5.57 Å². The minimum atomic E-state index is -1.01. The van der Waals surface area contributed by atoms with Gasteiger partial charge in [0, 0.05) is 10.6 Å². The van der Waals surface area contributed by atoms with E-state index in [0.717, 1.165) is 11.1 Å². The molecule has 3 nitrogen and oxygen atoms in total. The largest absolute Gasteiger partial charge is 0.496 e. The summed E-state index contributed by atoms with van der Waals surface area (Å²) in [6.45, 7) is 1.90. The molecule has 0 radical (unpaired) electrons. The Morgan fingerprint density at radius 3 is 2.62 bits per heavy atom. The lowest BCUT2D eigenvalue weighted by Gasteiger charge is -2.10. The average molecular weight is 303 g/mol. The molecular weight excluding hydrogens is 288 g/mol. The van der Waals surface area contributed by atoms with Crippen LogP contribution in [0.1, 0.15) is 16.7 Å². The first-order valence-electron chi connectivity index (χ1n) is 6.37. The van der Waals surface area contributed by atoms with E-state index in [9.17, 15) is 9.90 Å². The molecule has 0 saturated heterocycles. The van der Waals surface area contributed by atoms with Gasteiger partial charge in [0.05, 0.1) is 12.7 Å². The molecule has 2 rings (SSSR count). The van der Waals surface area contributed by atoms with Crippen LogP contribution < -0.4 is 4.74 Å². The molecule has 0 atom stereocenters. The van der Waals surface area contributed by atoms with Gasteiger partial charge in [0.25, 0.3) is 0 Å². The zero-order valence-electron chi connectivity index (χ0n) is 11.8. The van der Waals surface area contributed by atoms with Crippen LogP contribution in [0.4, 0.5) is 0 Å². The molecule has 1 N–H and O–H groups in total. The standard InChI is InChI=1S/C17H15ClO3/c1-11-6-7-16(21-2)14(8-11)15(17(19)20)10-12-4-3-5-13(18)9-12/h3-10H,1-2H3,(H,19,20)/b15-10-. The molecule has 0 saturated carbocycles. The Labute approximate surface area is 128 Å². The van der Waals surface area contributed by atoms with Crippen molar-refractivity contribution in [1.82, 2.24) is 0 Å². The van der Waals surface area contributed by atoms with E-state index in [1.807, 2.05) is 13.0 Å². The fraction of sp³-hybridized carbons (Fsp3) is 0.118. The molecule has 0 aliphatic rings. The Balaban J connectivity index is 2.59. The Bertz CT molecular complexity index is 705. The Morgan fingerprint density at radius 2 is 2.00 bits per heavy atom. The number of hydrogen-bond acceptors (Lipinski definition) is 2. The van der Waals surface area contributed by atoms with Gasteiger partial charge in [-0.3, -0.25) is 0 Å². The second kappa shape index (κ2) is 6.46. The van der Waals surface area contributed by atoms with Crippen LogP contribution in [-0.4, -0.2) is 18.2 Å². The van der Waals surface area contributed by atoms with Gasteiger partial charge >= 0.3 is 5.97 Å². The molecular formula is C17H15ClO3. The number of carbonyl (C=O) groups is 1. The zero-order valence-corrected chi connectivity index (χ0v) is 12.5. The van der Waals surface area contributed by atoms with Gasteiger partial charge < -0.3 is 9.84 Å². The fourth-order valence-electron chi connectivity index (χ4n) is 2.05. The Hall–Kier alpha value is -2.26. The minimum Gasteiger partial charge on any atom is -0.496 e. The summed E-state index contributed by atoms with van der Waals surface area (Å²) in [6.07, 6.45) is 1.59. The number of ether oxygens (including phenoxy) is 1. The summed E-state index contributed by atoms with van der Waals surface area (Å²) in [5.74, 6) is -0.491. The third-order valence-electron chi connectivity index (χ3n) is 3.04. The van der Waals surface area contributed by atoms with Crippen LogP contribution in [0.15, 0.2) is 42.5 Å². The lowest BCUT2D eigenvalue weighted by molar-refractivity contribution is -0.130. The summed E-state index contributed by atoms with van der Waals surface area (Å²) in [6, 6.07) is 12.5. The molecule has 0 aliphatic carbocycles. The number of methoxy groups -OCH3 is 1. The van der Waals surface area contributed by atoms with E-state index in [1.165, 1.54) is 7.11 Å². The van der Waals surface area contributed by atoms with E-state index in [4.69, 9.17) is 16.3 Å². The number of aryl methyl sites for hydroxylation is 1. The summed E-state index contributed by atoms with van der Waals surface area (Å²) < 4.78 is 5.26. The Kier molecular flexibility index (Phi) is 4.66. The first kappa shape index (κ1) is 15.1. The monoisotopic (exact) mass is 302 g/mol. The topological polar surface area (TPSA) is 46.5 Å². The number of benzene rings is 2. The molecule has 0 fully saturated rings. The van der Waals surface area contributed by atoms with E-state index in [1.54, 1.807) is 42.5 Å². The molecule has 0 amide bonds. The normalized spacial score (nSPS) is 11.3. The molecule has 0 spiro atoms. The van der Waals surface area contributed by atoms with Gasteiger partial charge in [-0.15, -0.1) is 0 Å². The third-order valence-corrected chi connectivity index (χ3v) is 3.27. The highest BCUT2D eigenvalue weighted by molar-refractivity contribution is 6.30. The smallest absolute Gasteiger partial charge is 0.336 e. The molecule has 108 valence electrons. The van der Waals surface area contributed by atoms with Gasteiger partial charge in [-0.1, -0.05) is 35.4 Å². The SMILES string of the molecule is COc1ccc(C)cc1/C(=C/c1cccc(Cl)c1)C(=O)O. The van der Waals surface area contributed by atoms with Crippen molar-refractivity contribution in [2.24, 2.45) is 0 Å². The second-order valence-electron chi connectivity index (χ2n) is 4.62. The van der Waals surface area contributed by atoms with Crippen LogP contribution in [0.25, 0.3) is 11.6 Å². The van der Waals surface area contributed by atoms with E-state index in [2.05, 4.69) is 0 Å². The molecule has 2 aromatic carbocycles. The van der Waals surface area contributed by atoms with Crippen molar-refractivity contribution in [2.75, 3.05) is 7.11 Å². The third kappa shape index (κ3) is 3.64. The summed E-state index contributed by atoms with van der Waals surface area (Å²) in [5, 5.41) is 10.1. The van der Waals surface area contributed by atoms with Crippen LogP contribution >= 0.6 is 11.6 Å². The van der Waals surface area contributed by atoms with Gasteiger partial charge in [-0.25, -0.2) is 4.79 Å². The van der Waals surface area contributed by atoms with Crippen molar-refractivity contribution < 1.29 is 14.6 Å². The van der Waals surface area contributed by atoms with Gasteiger partial charge in [-0.05, 0) is 42.8 Å². The van der Waals surface area contributed by atoms with Crippen LogP contribution in [0.5, 0.6) is 5.75 Å². The molecule has 0 bridgehead atoms. The highest BCUT2D eigenvalue weighted by Crippen LogP contribution is 2.29. The summed E-state index contributed by atoms with van der Waals surface area (Å²) in [4.78, 5) is 11.6. The van der Waals surface area contributed by atoms with Crippen molar-refractivity contribution in [3.05, 3.63) is 64.2 Å². The molecule has 0 heterocycles. The number of carboxylic acid groups (broad SMARTS) is 1. The first-order chi connectivity index (χ1) is 10.0. The van der Waals surface area contributed by atoms with Crippen LogP contribution in [0.3, 0.4) is 0 Å². The highest BCUT2D eigenvalue weighted by atomic mass is 35.5. The number of hydrogen-bond donors (Lipinski definition) is 1. The van der Waals surface area contributed by atoms with Crippen LogP contribution in [0, 0.1) is 6.92 Å². The number of carboxylic acids is 1. The quantitative estimate of drug-likeness (QED) is 0.677. The van der Waals surface area contributed by atoms with Crippen LogP contribution in [-0.2, 0) is 4.79 Å².